The van der Waals surface area contributed by atoms with E-state index in [9.17, 15) is 4.79 Å². The zero-order chi connectivity index (χ0) is 16.9. The number of amides is 1. The van der Waals surface area contributed by atoms with Gasteiger partial charge in [0.25, 0.3) is 0 Å². The van der Waals surface area contributed by atoms with E-state index in [-0.39, 0.29) is 5.91 Å². The number of likely N-dealkylation sites (tertiary alicyclic amines) is 1. The SMILES string of the molecule is CCOc1ccccc1NC(=O)CN1CCC[C@H]1c1cccn1C. The lowest BCUT2D eigenvalue weighted by atomic mass is 10.1. The maximum Gasteiger partial charge on any atom is 0.238 e. The van der Waals surface area contributed by atoms with Crippen molar-refractivity contribution in [3.8, 4) is 5.75 Å². The lowest BCUT2D eigenvalue weighted by Crippen LogP contribution is -2.33. The zero-order valence-electron chi connectivity index (χ0n) is 14.4. The van der Waals surface area contributed by atoms with E-state index in [2.05, 4.69) is 40.2 Å². The van der Waals surface area contributed by atoms with Gasteiger partial charge in [-0.2, -0.15) is 0 Å². The molecule has 0 unspecified atom stereocenters. The number of aromatic nitrogens is 1. The Morgan fingerprint density at radius 2 is 2.12 bits per heavy atom. The summed E-state index contributed by atoms with van der Waals surface area (Å²) in [6.07, 6.45) is 4.28. The van der Waals surface area contributed by atoms with E-state index < -0.39 is 0 Å². The van der Waals surface area contributed by atoms with Gasteiger partial charge in [-0.25, -0.2) is 0 Å². The Hall–Kier alpha value is -2.27. The number of nitrogens with one attached hydrogen (secondary N) is 1. The lowest BCUT2D eigenvalue weighted by molar-refractivity contribution is -0.117. The highest BCUT2D eigenvalue weighted by molar-refractivity contribution is 5.93. The Kier molecular flexibility index (Phi) is 5.20. The molecule has 0 aliphatic carbocycles. The second-order valence-corrected chi connectivity index (χ2v) is 6.15. The van der Waals surface area contributed by atoms with Crippen LogP contribution in [0.4, 0.5) is 5.69 Å². The molecule has 0 bridgehead atoms. The average Bonchev–Trinajstić information content (AvgIpc) is 3.18. The number of rotatable bonds is 6. The van der Waals surface area contributed by atoms with Crippen LogP contribution in [-0.4, -0.2) is 35.1 Å². The summed E-state index contributed by atoms with van der Waals surface area (Å²) >= 11 is 0. The molecule has 128 valence electrons. The van der Waals surface area contributed by atoms with Gasteiger partial charge in [0.2, 0.25) is 5.91 Å². The van der Waals surface area contributed by atoms with Crippen LogP contribution in [0.15, 0.2) is 42.6 Å². The lowest BCUT2D eigenvalue weighted by Gasteiger charge is -2.24. The first-order chi connectivity index (χ1) is 11.7. The number of carbonyl (C=O) groups excluding carboxylic acids is 1. The second-order valence-electron chi connectivity index (χ2n) is 6.15. The first-order valence-corrected chi connectivity index (χ1v) is 8.56. The minimum Gasteiger partial charge on any atom is -0.492 e. The van der Waals surface area contributed by atoms with Gasteiger partial charge in [-0.1, -0.05) is 12.1 Å². The molecule has 1 N–H and O–H groups in total. The zero-order valence-corrected chi connectivity index (χ0v) is 14.4. The molecular formula is C19H25N3O2. The fourth-order valence-corrected chi connectivity index (χ4v) is 3.40. The van der Waals surface area contributed by atoms with Crippen molar-refractivity contribution in [1.29, 1.82) is 0 Å². The average molecular weight is 327 g/mol. The molecule has 3 rings (SSSR count). The van der Waals surface area contributed by atoms with Crippen molar-refractivity contribution in [3.05, 3.63) is 48.3 Å². The Labute approximate surface area is 143 Å². The maximum absolute atomic E-state index is 12.5. The van der Waals surface area contributed by atoms with Gasteiger partial charge in [-0.3, -0.25) is 9.69 Å². The van der Waals surface area contributed by atoms with Crippen LogP contribution < -0.4 is 10.1 Å². The van der Waals surface area contributed by atoms with Crippen LogP contribution in [0.25, 0.3) is 0 Å². The van der Waals surface area contributed by atoms with Crippen molar-refractivity contribution >= 4 is 11.6 Å². The number of benzene rings is 1. The number of aryl methyl sites for hydroxylation is 1. The molecule has 2 aromatic rings. The first-order valence-electron chi connectivity index (χ1n) is 8.56. The van der Waals surface area contributed by atoms with E-state index in [0.29, 0.717) is 24.9 Å². The molecule has 1 atom stereocenters. The van der Waals surface area contributed by atoms with Crippen molar-refractivity contribution in [1.82, 2.24) is 9.47 Å². The number of para-hydroxylation sites is 2. The molecule has 2 heterocycles. The smallest absolute Gasteiger partial charge is 0.238 e. The third-order valence-corrected chi connectivity index (χ3v) is 4.50. The van der Waals surface area contributed by atoms with E-state index in [1.54, 1.807) is 0 Å². The highest BCUT2D eigenvalue weighted by Gasteiger charge is 2.29. The number of hydrogen-bond donors (Lipinski definition) is 1. The largest absolute Gasteiger partial charge is 0.492 e. The fraction of sp³-hybridized carbons (Fsp3) is 0.421. The predicted molar refractivity (Wildman–Crippen MR) is 95.2 cm³/mol. The Morgan fingerprint density at radius 3 is 2.88 bits per heavy atom. The van der Waals surface area contributed by atoms with Crippen molar-refractivity contribution in [2.45, 2.75) is 25.8 Å². The minimum absolute atomic E-state index is 0.00302. The normalized spacial score (nSPS) is 17.8. The van der Waals surface area contributed by atoms with Crippen LogP contribution in [0, 0.1) is 0 Å². The molecule has 0 radical (unpaired) electrons. The fourth-order valence-electron chi connectivity index (χ4n) is 3.40. The summed E-state index contributed by atoms with van der Waals surface area (Å²) < 4.78 is 7.72. The molecule has 5 heteroatoms. The van der Waals surface area contributed by atoms with Gasteiger partial charge < -0.3 is 14.6 Å². The Bertz CT molecular complexity index is 695. The van der Waals surface area contributed by atoms with Crippen molar-refractivity contribution in [2.24, 2.45) is 7.05 Å². The summed E-state index contributed by atoms with van der Waals surface area (Å²) in [6, 6.07) is 12.1. The van der Waals surface area contributed by atoms with Gasteiger partial charge in [0.1, 0.15) is 5.75 Å². The monoisotopic (exact) mass is 327 g/mol. The third kappa shape index (κ3) is 3.62. The third-order valence-electron chi connectivity index (χ3n) is 4.50. The predicted octanol–water partition coefficient (Wildman–Crippen LogP) is 3.20. The Balaban J connectivity index is 1.65. The number of anilines is 1. The first kappa shape index (κ1) is 16.6. The van der Waals surface area contributed by atoms with Crippen LogP contribution >= 0.6 is 0 Å². The molecule has 1 amide bonds. The molecule has 1 aliphatic heterocycles. The van der Waals surface area contributed by atoms with Crippen LogP contribution in [0.5, 0.6) is 5.75 Å². The topological polar surface area (TPSA) is 46.5 Å². The molecule has 1 saturated heterocycles. The quantitative estimate of drug-likeness (QED) is 0.886. The molecular weight excluding hydrogens is 302 g/mol. The standard InChI is InChI=1S/C19H25N3O2/c1-3-24-18-11-5-4-8-15(18)20-19(23)14-22-13-7-10-17(22)16-9-6-12-21(16)2/h4-6,8-9,11-12,17H,3,7,10,13-14H2,1-2H3,(H,20,23)/t17-/m0/s1. The highest BCUT2D eigenvalue weighted by Crippen LogP contribution is 2.31. The van der Waals surface area contributed by atoms with Gasteiger partial charge in [-0.05, 0) is 50.6 Å². The number of nitrogens with zero attached hydrogens (tertiary/aromatic N) is 2. The number of hydrogen-bond acceptors (Lipinski definition) is 3. The van der Waals surface area contributed by atoms with Gasteiger partial charge in [0, 0.05) is 18.9 Å². The molecule has 1 aliphatic rings. The summed E-state index contributed by atoms with van der Waals surface area (Å²) in [4.78, 5) is 14.8. The molecule has 0 spiro atoms. The molecule has 1 fully saturated rings. The van der Waals surface area contributed by atoms with Gasteiger partial charge in [0.05, 0.1) is 24.9 Å². The van der Waals surface area contributed by atoms with Gasteiger partial charge in [-0.15, -0.1) is 0 Å². The summed E-state index contributed by atoms with van der Waals surface area (Å²) in [6.45, 7) is 3.87. The molecule has 24 heavy (non-hydrogen) atoms. The van der Waals surface area contributed by atoms with E-state index in [0.717, 1.165) is 25.1 Å². The summed E-state index contributed by atoms with van der Waals surface area (Å²) in [5, 5.41) is 2.99. The van der Waals surface area contributed by atoms with E-state index in [4.69, 9.17) is 4.74 Å². The van der Waals surface area contributed by atoms with Gasteiger partial charge >= 0.3 is 0 Å². The van der Waals surface area contributed by atoms with E-state index >= 15 is 0 Å². The molecule has 0 saturated carbocycles. The Morgan fingerprint density at radius 1 is 1.29 bits per heavy atom. The summed E-state index contributed by atoms with van der Waals surface area (Å²) in [5.41, 5.74) is 2.01. The van der Waals surface area contributed by atoms with Crippen LogP contribution in [0.2, 0.25) is 0 Å². The van der Waals surface area contributed by atoms with Crippen molar-refractivity contribution < 1.29 is 9.53 Å². The van der Waals surface area contributed by atoms with Crippen molar-refractivity contribution in [3.63, 3.8) is 0 Å². The summed E-state index contributed by atoms with van der Waals surface area (Å²) in [5.74, 6) is 0.719. The maximum atomic E-state index is 12.5. The second kappa shape index (κ2) is 7.53. The summed E-state index contributed by atoms with van der Waals surface area (Å²) in [7, 11) is 2.06. The molecule has 5 nitrogen and oxygen atoms in total. The minimum atomic E-state index is 0.00302. The van der Waals surface area contributed by atoms with E-state index in [1.807, 2.05) is 31.2 Å². The van der Waals surface area contributed by atoms with Crippen LogP contribution in [0.3, 0.4) is 0 Å². The van der Waals surface area contributed by atoms with Crippen LogP contribution in [0.1, 0.15) is 31.5 Å². The molecule has 1 aromatic carbocycles. The van der Waals surface area contributed by atoms with E-state index in [1.165, 1.54) is 5.69 Å². The number of ether oxygens (including phenoxy) is 1. The highest BCUT2D eigenvalue weighted by atomic mass is 16.5. The molecule has 1 aromatic heterocycles. The van der Waals surface area contributed by atoms with Crippen LogP contribution in [-0.2, 0) is 11.8 Å². The number of carbonyl (C=O) groups is 1. The van der Waals surface area contributed by atoms with Crippen molar-refractivity contribution in [2.75, 3.05) is 25.0 Å². The van der Waals surface area contributed by atoms with Gasteiger partial charge in [0.15, 0.2) is 0 Å².